The van der Waals surface area contributed by atoms with Crippen molar-refractivity contribution in [1.82, 2.24) is 0 Å². The molecule has 6 nitrogen and oxygen atoms in total. The minimum Gasteiger partial charge on any atom is -0.429 e. The van der Waals surface area contributed by atoms with Gasteiger partial charge in [0, 0.05) is 18.3 Å². The number of ether oxygens (including phenoxy) is 3. The Bertz CT molecular complexity index is 598. The summed E-state index contributed by atoms with van der Waals surface area (Å²) in [6, 6.07) is 0. The first-order valence-corrected chi connectivity index (χ1v) is 9.05. The third-order valence-corrected chi connectivity index (χ3v) is 6.55. The Morgan fingerprint density at radius 2 is 1.85 bits per heavy atom. The molecule has 4 saturated heterocycles. The van der Waals surface area contributed by atoms with E-state index in [1.54, 1.807) is 13.8 Å². The van der Waals surface area contributed by atoms with E-state index >= 15 is 0 Å². The lowest BCUT2D eigenvalue weighted by molar-refractivity contribution is -0.576. The maximum absolute atomic E-state index is 12.6. The fourth-order valence-electron chi connectivity index (χ4n) is 5.18. The lowest BCUT2D eigenvalue weighted by Gasteiger charge is -2.59. The molecule has 0 aromatic carbocycles. The second-order valence-electron chi connectivity index (χ2n) is 8.18. The normalized spacial score (nSPS) is 50.7. The Kier molecular flexibility index (Phi) is 4.12. The smallest absolute Gasteiger partial charge is 0.429 e. The van der Waals surface area contributed by atoms with Gasteiger partial charge in [-0.2, -0.15) is 13.2 Å². The van der Waals surface area contributed by atoms with Crippen LogP contribution in [0.4, 0.5) is 13.2 Å². The van der Waals surface area contributed by atoms with Gasteiger partial charge in [0.25, 0.3) is 0 Å². The highest BCUT2D eigenvalue weighted by molar-refractivity contribution is 5.75. The van der Waals surface area contributed by atoms with Gasteiger partial charge in [-0.05, 0) is 38.0 Å². The van der Waals surface area contributed by atoms with Crippen LogP contribution < -0.4 is 0 Å². The van der Waals surface area contributed by atoms with Gasteiger partial charge in [-0.3, -0.25) is 0 Å². The van der Waals surface area contributed by atoms with E-state index in [1.807, 2.05) is 0 Å². The predicted molar refractivity (Wildman–Crippen MR) is 79.0 cm³/mol. The minimum absolute atomic E-state index is 0.0947. The van der Waals surface area contributed by atoms with Crippen LogP contribution in [0.15, 0.2) is 0 Å². The Morgan fingerprint density at radius 3 is 2.54 bits per heavy atom. The zero-order valence-corrected chi connectivity index (χ0v) is 14.9. The van der Waals surface area contributed by atoms with E-state index in [4.69, 9.17) is 19.2 Å². The SMILES string of the molecule is C[C@@H]1CC[C@H]2[C@@H](C)C(OC(=O)C(F)(F)F)O[C@@H]3O[C@]4(C)CC[C@@H]1[C@]32OO4. The van der Waals surface area contributed by atoms with E-state index in [9.17, 15) is 18.0 Å². The quantitative estimate of drug-likeness (QED) is 0.514. The van der Waals surface area contributed by atoms with Gasteiger partial charge in [0.2, 0.25) is 12.1 Å². The zero-order chi connectivity index (χ0) is 18.9. The van der Waals surface area contributed by atoms with E-state index in [-0.39, 0.29) is 11.8 Å². The number of fused-ring (bicyclic) bond motifs is 2. The van der Waals surface area contributed by atoms with E-state index in [2.05, 4.69) is 11.7 Å². The zero-order valence-electron chi connectivity index (χ0n) is 14.9. The third-order valence-electron chi connectivity index (χ3n) is 6.55. The van der Waals surface area contributed by atoms with Gasteiger partial charge in [-0.15, -0.1) is 0 Å². The Labute approximate surface area is 149 Å². The Hall–Kier alpha value is -0.900. The van der Waals surface area contributed by atoms with Crippen molar-refractivity contribution >= 4 is 5.97 Å². The number of carbonyl (C=O) groups excluding carboxylic acids is 1. The average molecular weight is 380 g/mol. The molecule has 2 bridgehead atoms. The molecule has 8 atom stereocenters. The highest BCUT2D eigenvalue weighted by Crippen LogP contribution is 2.60. The average Bonchev–Trinajstić information content (AvgIpc) is 2.77. The molecule has 0 N–H and O–H groups in total. The first-order chi connectivity index (χ1) is 12.1. The number of esters is 1. The molecule has 4 aliphatic heterocycles. The maximum Gasteiger partial charge on any atom is 0.491 e. The molecule has 5 fully saturated rings. The molecule has 0 aromatic rings. The summed E-state index contributed by atoms with van der Waals surface area (Å²) in [4.78, 5) is 22.8. The largest absolute Gasteiger partial charge is 0.491 e. The van der Waals surface area contributed by atoms with Crippen LogP contribution in [0.2, 0.25) is 0 Å². The van der Waals surface area contributed by atoms with Crippen LogP contribution >= 0.6 is 0 Å². The number of rotatable bonds is 1. The molecule has 0 amide bonds. The first kappa shape index (κ1) is 18.5. The summed E-state index contributed by atoms with van der Waals surface area (Å²) in [5.74, 6) is -3.54. The molecule has 1 aliphatic carbocycles. The van der Waals surface area contributed by atoms with Gasteiger partial charge in [0.05, 0.1) is 0 Å². The molecule has 1 spiro atoms. The van der Waals surface area contributed by atoms with E-state index in [0.717, 1.165) is 12.8 Å². The van der Waals surface area contributed by atoms with Gasteiger partial charge in [0.1, 0.15) is 0 Å². The van der Waals surface area contributed by atoms with E-state index in [0.29, 0.717) is 18.8 Å². The van der Waals surface area contributed by atoms with Crippen LogP contribution in [-0.2, 0) is 28.8 Å². The van der Waals surface area contributed by atoms with Gasteiger partial charge in [-0.1, -0.05) is 13.8 Å². The van der Waals surface area contributed by atoms with E-state index in [1.165, 1.54) is 0 Å². The molecular formula is C17H23F3O6. The lowest BCUT2D eigenvalue weighted by Crippen LogP contribution is -2.70. The van der Waals surface area contributed by atoms with E-state index < -0.39 is 42.0 Å². The minimum atomic E-state index is -5.07. The fraction of sp³-hybridized carbons (Fsp3) is 0.941. The third kappa shape index (κ3) is 2.58. The van der Waals surface area contributed by atoms with Gasteiger partial charge in [-0.25, -0.2) is 14.6 Å². The Morgan fingerprint density at radius 1 is 1.12 bits per heavy atom. The maximum atomic E-state index is 12.6. The van der Waals surface area contributed by atoms with Crippen LogP contribution in [0.1, 0.15) is 46.5 Å². The molecule has 5 aliphatic rings. The second kappa shape index (κ2) is 5.80. The molecule has 5 rings (SSSR count). The number of hydrogen-bond donors (Lipinski definition) is 0. The molecule has 9 heteroatoms. The standard InChI is InChI=1S/C17H23F3O6/c1-8-4-5-11-9(2)12(22-13(21)17(18,19)20)23-14-16(11)10(8)6-7-15(3,24-14)25-26-16/h8-12,14H,4-7H2,1-3H3/t8-,9-,10+,11+,12?,14-,15+,16-/m1/s1. The van der Waals surface area contributed by atoms with Crippen LogP contribution in [0, 0.1) is 23.7 Å². The number of alkyl halides is 3. The molecule has 148 valence electrons. The van der Waals surface area contributed by atoms with Crippen LogP contribution in [-0.4, -0.2) is 36.1 Å². The van der Waals surface area contributed by atoms with Crippen LogP contribution in [0.5, 0.6) is 0 Å². The number of hydrogen-bond acceptors (Lipinski definition) is 6. The van der Waals surface area contributed by atoms with Crippen molar-refractivity contribution in [3.63, 3.8) is 0 Å². The first-order valence-electron chi connectivity index (χ1n) is 9.05. The topological polar surface area (TPSA) is 63.2 Å². The summed E-state index contributed by atoms with van der Waals surface area (Å²) in [5.41, 5.74) is -0.895. The highest BCUT2D eigenvalue weighted by atomic mass is 19.4. The Balaban J connectivity index is 1.67. The van der Waals surface area contributed by atoms with Crippen molar-refractivity contribution in [2.24, 2.45) is 23.7 Å². The molecule has 4 heterocycles. The van der Waals surface area contributed by atoms with Crippen molar-refractivity contribution in [3.8, 4) is 0 Å². The van der Waals surface area contributed by atoms with Crippen molar-refractivity contribution in [1.29, 1.82) is 0 Å². The van der Waals surface area contributed by atoms with Crippen LogP contribution in [0.3, 0.4) is 0 Å². The second-order valence-corrected chi connectivity index (χ2v) is 8.18. The summed E-state index contributed by atoms with van der Waals surface area (Å²) in [5, 5.41) is 0. The summed E-state index contributed by atoms with van der Waals surface area (Å²) >= 11 is 0. The van der Waals surface area contributed by atoms with Crippen molar-refractivity contribution in [2.45, 2.75) is 76.6 Å². The molecular weight excluding hydrogens is 357 g/mol. The monoisotopic (exact) mass is 380 g/mol. The number of carbonyl (C=O) groups is 1. The van der Waals surface area contributed by atoms with Crippen molar-refractivity contribution in [3.05, 3.63) is 0 Å². The number of halogens is 3. The molecule has 1 unspecified atom stereocenters. The summed E-state index contributed by atoms with van der Waals surface area (Å²) in [6.45, 7) is 5.57. The molecule has 1 saturated carbocycles. The summed E-state index contributed by atoms with van der Waals surface area (Å²) in [6.07, 6.45) is -4.33. The van der Waals surface area contributed by atoms with Gasteiger partial charge < -0.3 is 14.2 Å². The van der Waals surface area contributed by atoms with Crippen molar-refractivity contribution < 1.29 is 42.0 Å². The molecule has 0 aromatic heterocycles. The predicted octanol–water partition coefficient (Wildman–Crippen LogP) is 3.30. The molecule has 0 radical (unpaired) electrons. The molecule has 26 heavy (non-hydrogen) atoms. The van der Waals surface area contributed by atoms with Crippen molar-refractivity contribution in [2.75, 3.05) is 0 Å². The summed E-state index contributed by atoms with van der Waals surface area (Å²) in [7, 11) is 0. The lowest BCUT2D eigenvalue weighted by atomic mass is 9.58. The van der Waals surface area contributed by atoms with Crippen LogP contribution in [0.25, 0.3) is 0 Å². The van der Waals surface area contributed by atoms with Gasteiger partial charge >= 0.3 is 12.1 Å². The fourth-order valence-corrected chi connectivity index (χ4v) is 5.18. The highest BCUT2D eigenvalue weighted by Gasteiger charge is 2.70. The van der Waals surface area contributed by atoms with Gasteiger partial charge in [0.15, 0.2) is 11.9 Å². The summed E-state index contributed by atoms with van der Waals surface area (Å²) < 4.78 is 54.3.